The molecular formula is C15H17NO3. The number of rotatable bonds is 3. The van der Waals surface area contributed by atoms with Crippen molar-refractivity contribution in [2.24, 2.45) is 0 Å². The lowest BCUT2D eigenvalue weighted by molar-refractivity contribution is -0.122. The topological polar surface area (TPSA) is 58.6 Å². The second kappa shape index (κ2) is 4.99. The molecule has 2 rings (SSSR count). The molecule has 1 aromatic rings. The van der Waals surface area contributed by atoms with Crippen LogP contribution >= 0.6 is 0 Å². The molecule has 0 aromatic heterocycles. The molecule has 0 heterocycles. The van der Waals surface area contributed by atoms with Crippen molar-refractivity contribution in [1.29, 1.82) is 0 Å². The Hall–Kier alpha value is -1.91. The molecule has 4 nitrogen and oxygen atoms in total. The molecule has 1 aliphatic rings. The predicted molar refractivity (Wildman–Crippen MR) is 72.2 cm³/mol. The summed E-state index contributed by atoms with van der Waals surface area (Å²) in [5.41, 5.74) is -1.22. The Bertz CT molecular complexity index is 505. The van der Waals surface area contributed by atoms with Crippen molar-refractivity contribution in [1.82, 2.24) is 5.32 Å². The van der Waals surface area contributed by atoms with Crippen LogP contribution in [0.15, 0.2) is 54.6 Å². The Morgan fingerprint density at radius 1 is 1.16 bits per heavy atom. The van der Waals surface area contributed by atoms with Crippen molar-refractivity contribution in [2.75, 3.05) is 7.11 Å². The molecule has 1 amide bonds. The van der Waals surface area contributed by atoms with Crippen molar-refractivity contribution in [3.05, 3.63) is 60.2 Å². The summed E-state index contributed by atoms with van der Waals surface area (Å²) in [7, 11) is 1.60. The molecule has 0 saturated heterocycles. The quantitative estimate of drug-likeness (QED) is 0.638. The number of nitrogens with one attached hydrogen (secondary N) is 1. The average molecular weight is 259 g/mol. The molecule has 2 N–H and O–H groups in total. The summed E-state index contributed by atoms with van der Waals surface area (Å²) in [4.78, 5) is 11.0. The van der Waals surface area contributed by atoms with Crippen LogP contribution in [0.5, 0.6) is 0 Å². The molecule has 100 valence electrons. The minimum absolute atomic E-state index is 0.304. The second-order valence-corrected chi connectivity index (χ2v) is 4.54. The summed E-state index contributed by atoms with van der Waals surface area (Å²) in [5.74, 6) is -0.304. The molecule has 0 saturated carbocycles. The third kappa shape index (κ3) is 2.75. The van der Waals surface area contributed by atoms with Gasteiger partial charge in [0.05, 0.1) is 0 Å². The lowest BCUT2D eigenvalue weighted by atomic mass is 9.87. The van der Waals surface area contributed by atoms with E-state index in [1.807, 2.05) is 30.3 Å². The summed E-state index contributed by atoms with van der Waals surface area (Å²) in [6.07, 6.45) is 6.51. The third-order valence-corrected chi connectivity index (χ3v) is 3.11. The standard InChI is InChI=1S/C15H17NO3/c1-12(17)16-15(18)10-8-14(19-2,9-11-15)13-6-4-3-5-7-13/h3-11,18H,1-2H3,(H,16,17). The van der Waals surface area contributed by atoms with Gasteiger partial charge in [0, 0.05) is 14.0 Å². The number of amides is 1. The molecule has 1 aliphatic carbocycles. The summed E-state index contributed by atoms with van der Waals surface area (Å²) >= 11 is 0. The van der Waals surface area contributed by atoms with Gasteiger partial charge in [0.15, 0.2) is 5.72 Å². The summed E-state index contributed by atoms with van der Waals surface area (Å²) in [5, 5.41) is 12.6. The van der Waals surface area contributed by atoms with E-state index in [0.29, 0.717) is 0 Å². The zero-order valence-electron chi connectivity index (χ0n) is 11.0. The Kier molecular flexibility index (Phi) is 3.55. The fourth-order valence-electron chi connectivity index (χ4n) is 2.12. The minimum atomic E-state index is -1.46. The fourth-order valence-corrected chi connectivity index (χ4v) is 2.12. The molecule has 0 atom stereocenters. The van der Waals surface area contributed by atoms with E-state index in [2.05, 4.69) is 5.32 Å². The Morgan fingerprint density at radius 3 is 2.21 bits per heavy atom. The number of aliphatic hydroxyl groups is 1. The van der Waals surface area contributed by atoms with Crippen LogP contribution < -0.4 is 5.32 Å². The molecule has 1 aromatic carbocycles. The van der Waals surface area contributed by atoms with E-state index >= 15 is 0 Å². The highest BCUT2D eigenvalue weighted by atomic mass is 16.5. The van der Waals surface area contributed by atoms with Gasteiger partial charge in [-0.1, -0.05) is 30.3 Å². The molecule has 0 aliphatic heterocycles. The number of ether oxygens (including phenoxy) is 1. The Morgan fingerprint density at radius 2 is 1.74 bits per heavy atom. The van der Waals surface area contributed by atoms with Gasteiger partial charge in [-0.15, -0.1) is 0 Å². The second-order valence-electron chi connectivity index (χ2n) is 4.54. The summed E-state index contributed by atoms with van der Waals surface area (Å²) in [6.45, 7) is 1.36. The van der Waals surface area contributed by atoms with E-state index in [9.17, 15) is 9.90 Å². The van der Waals surface area contributed by atoms with Crippen molar-refractivity contribution >= 4 is 5.91 Å². The van der Waals surface area contributed by atoms with E-state index in [1.54, 1.807) is 19.3 Å². The zero-order chi connectivity index (χ0) is 13.9. The number of carbonyl (C=O) groups excluding carboxylic acids is 1. The van der Waals surface area contributed by atoms with E-state index in [0.717, 1.165) is 5.56 Å². The molecule has 0 radical (unpaired) electrons. The fraction of sp³-hybridized carbons (Fsp3) is 0.267. The van der Waals surface area contributed by atoms with Crippen LogP contribution in [0.25, 0.3) is 0 Å². The van der Waals surface area contributed by atoms with Crippen LogP contribution in [0.3, 0.4) is 0 Å². The van der Waals surface area contributed by atoms with E-state index < -0.39 is 11.3 Å². The number of methoxy groups -OCH3 is 1. The summed E-state index contributed by atoms with van der Waals surface area (Å²) < 4.78 is 5.57. The van der Waals surface area contributed by atoms with Crippen molar-refractivity contribution in [2.45, 2.75) is 18.2 Å². The molecule has 0 bridgehead atoms. The third-order valence-electron chi connectivity index (χ3n) is 3.11. The van der Waals surface area contributed by atoms with Gasteiger partial charge in [-0.25, -0.2) is 0 Å². The van der Waals surface area contributed by atoms with E-state index in [-0.39, 0.29) is 5.91 Å². The van der Waals surface area contributed by atoms with Gasteiger partial charge in [0.2, 0.25) is 5.91 Å². The van der Waals surface area contributed by atoms with E-state index in [1.165, 1.54) is 19.1 Å². The first-order valence-electron chi connectivity index (χ1n) is 6.02. The summed E-state index contributed by atoms with van der Waals surface area (Å²) in [6, 6.07) is 9.66. The molecular weight excluding hydrogens is 242 g/mol. The van der Waals surface area contributed by atoms with Gasteiger partial charge in [0.25, 0.3) is 0 Å². The highest BCUT2D eigenvalue weighted by Crippen LogP contribution is 2.33. The maximum Gasteiger partial charge on any atom is 0.219 e. The maximum atomic E-state index is 11.0. The first-order valence-corrected chi connectivity index (χ1v) is 6.02. The lowest BCUT2D eigenvalue weighted by Crippen LogP contribution is -2.46. The van der Waals surface area contributed by atoms with Crippen LogP contribution in [0, 0.1) is 0 Å². The normalized spacial score (nSPS) is 29.2. The van der Waals surface area contributed by atoms with Gasteiger partial charge in [-0.05, 0) is 29.9 Å². The number of hydrogen-bond donors (Lipinski definition) is 2. The van der Waals surface area contributed by atoms with Crippen LogP contribution in [-0.4, -0.2) is 23.8 Å². The average Bonchev–Trinajstić information content (AvgIpc) is 2.40. The van der Waals surface area contributed by atoms with Crippen LogP contribution in [0.4, 0.5) is 0 Å². The Labute approximate surface area is 112 Å². The van der Waals surface area contributed by atoms with Crippen LogP contribution in [-0.2, 0) is 15.1 Å². The maximum absolute atomic E-state index is 11.0. The van der Waals surface area contributed by atoms with Gasteiger partial charge in [-0.3, -0.25) is 4.79 Å². The van der Waals surface area contributed by atoms with Crippen molar-refractivity contribution < 1.29 is 14.6 Å². The molecule has 0 spiro atoms. The van der Waals surface area contributed by atoms with Gasteiger partial charge in [0.1, 0.15) is 5.60 Å². The Balaban J connectivity index is 2.31. The number of carbonyl (C=O) groups is 1. The minimum Gasteiger partial charge on any atom is -0.365 e. The van der Waals surface area contributed by atoms with Gasteiger partial charge < -0.3 is 15.2 Å². The number of hydrogen-bond acceptors (Lipinski definition) is 3. The van der Waals surface area contributed by atoms with Crippen molar-refractivity contribution in [3.63, 3.8) is 0 Å². The molecule has 0 unspecified atom stereocenters. The van der Waals surface area contributed by atoms with Crippen molar-refractivity contribution in [3.8, 4) is 0 Å². The monoisotopic (exact) mass is 259 g/mol. The SMILES string of the molecule is COC1(c2ccccc2)C=CC(O)(NC(C)=O)C=C1. The lowest BCUT2D eigenvalue weighted by Gasteiger charge is -2.33. The highest BCUT2D eigenvalue weighted by molar-refractivity contribution is 5.74. The van der Waals surface area contributed by atoms with Gasteiger partial charge in [-0.2, -0.15) is 0 Å². The first-order chi connectivity index (χ1) is 9.00. The zero-order valence-corrected chi connectivity index (χ0v) is 11.0. The number of benzene rings is 1. The van der Waals surface area contributed by atoms with E-state index in [4.69, 9.17) is 4.74 Å². The molecule has 4 heteroatoms. The highest BCUT2D eigenvalue weighted by Gasteiger charge is 2.34. The first kappa shape index (κ1) is 13.5. The van der Waals surface area contributed by atoms with Gasteiger partial charge >= 0.3 is 0 Å². The largest absolute Gasteiger partial charge is 0.365 e. The van der Waals surface area contributed by atoms with Crippen LogP contribution in [0.1, 0.15) is 12.5 Å². The van der Waals surface area contributed by atoms with Crippen LogP contribution in [0.2, 0.25) is 0 Å². The molecule has 19 heavy (non-hydrogen) atoms. The molecule has 0 fully saturated rings. The predicted octanol–water partition coefficient (Wildman–Crippen LogP) is 1.48. The smallest absolute Gasteiger partial charge is 0.219 e.